The molecule has 2 aliphatic heterocycles. The number of nitrogens with zero attached hydrogens (tertiary/aromatic N) is 2. The summed E-state index contributed by atoms with van der Waals surface area (Å²) in [6.07, 6.45) is 1.18. The van der Waals surface area contributed by atoms with E-state index in [9.17, 15) is 4.79 Å². The highest BCUT2D eigenvalue weighted by atomic mass is 16.5. The Bertz CT molecular complexity index is 853. The zero-order valence-corrected chi connectivity index (χ0v) is 18.9. The predicted molar refractivity (Wildman–Crippen MR) is 122 cm³/mol. The summed E-state index contributed by atoms with van der Waals surface area (Å²) < 4.78 is 10.9. The molecular formula is C26H34N2O3. The van der Waals surface area contributed by atoms with Crippen LogP contribution in [0, 0.1) is 5.92 Å². The molecular weight excluding hydrogens is 388 g/mol. The van der Waals surface area contributed by atoms with Gasteiger partial charge in [-0.3, -0.25) is 9.69 Å². The fourth-order valence-corrected chi connectivity index (χ4v) is 5.20. The van der Waals surface area contributed by atoms with Crippen LogP contribution < -0.4 is 4.74 Å². The molecule has 0 bridgehead atoms. The minimum absolute atomic E-state index is 0.0990. The van der Waals surface area contributed by atoms with Crippen molar-refractivity contribution in [3.63, 3.8) is 0 Å². The van der Waals surface area contributed by atoms with E-state index in [1.807, 2.05) is 18.7 Å². The summed E-state index contributed by atoms with van der Waals surface area (Å²) >= 11 is 0. The van der Waals surface area contributed by atoms with Crippen LogP contribution in [0.5, 0.6) is 5.75 Å². The fraction of sp³-hybridized carbons (Fsp3) is 0.500. The van der Waals surface area contributed by atoms with Gasteiger partial charge in [-0.25, -0.2) is 0 Å². The van der Waals surface area contributed by atoms with E-state index in [1.165, 1.54) is 11.1 Å². The van der Waals surface area contributed by atoms with E-state index < -0.39 is 0 Å². The highest BCUT2D eigenvalue weighted by Crippen LogP contribution is 2.42. The van der Waals surface area contributed by atoms with Gasteiger partial charge in [0.1, 0.15) is 12.4 Å². The minimum atomic E-state index is 0.0990. The van der Waals surface area contributed by atoms with Crippen LogP contribution in [0.3, 0.4) is 0 Å². The van der Waals surface area contributed by atoms with Crippen molar-refractivity contribution < 1.29 is 14.3 Å². The predicted octanol–water partition coefficient (Wildman–Crippen LogP) is 3.94. The summed E-state index contributed by atoms with van der Waals surface area (Å²) in [5, 5.41) is 0. The topological polar surface area (TPSA) is 42.0 Å². The molecule has 0 radical (unpaired) electrons. The van der Waals surface area contributed by atoms with Crippen LogP contribution in [0.2, 0.25) is 0 Å². The van der Waals surface area contributed by atoms with E-state index in [4.69, 9.17) is 9.47 Å². The number of hydrogen-bond donors (Lipinski definition) is 0. The maximum atomic E-state index is 12.5. The van der Waals surface area contributed by atoms with Crippen molar-refractivity contribution in [3.8, 4) is 5.75 Å². The lowest BCUT2D eigenvalue weighted by molar-refractivity contribution is -0.137. The summed E-state index contributed by atoms with van der Waals surface area (Å²) in [5.41, 5.74) is 2.68. The lowest BCUT2D eigenvalue weighted by Gasteiger charge is -2.39. The van der Waals surface area contributed by atoms with Gasteiger partial charge in [-0.15, -0.1) is 0 Å². The lowest BCUT2D eigenvalue weighted by atomic mass is 9.81. The zero-order valence-electron chi connectivity index (χ0n) is 18.9. The van der Waals surface area contributed by atoms with Gasteiger partial charge >= 0.3 is 0 Å². The number of fused-ring (bicyclic) bond motifs is 1. The van der Waals surface area contributed by atoms with E-state index in [0.29, 0.717) is 17.9 Å². The number of carbonyl (C=O) groups is 1. The summed E-state index contributed by atoms with van der Waals surface area (Å²) in [5.74, 6) is 1.84. The Morgan fingerprint density at radius 2 is 1.81 bits per heavy atom. The van der Waals surface area contributed by atoms with Crippen molar-refractivity contribution in [2.75, 3.05) is 33.4 Å². The van der Waals surface area contributed by atoms with Gasteiger partial charge in [0.05, 0.1) is 6.10 Å². The van der Waals surface area contributed by atoms with Gasteiger partial charge in [-0.05, 0) is 43.5 Å². The van der Waals surface area contributed by atoms with E-state index in [2.05, 4.69) is 59.5 Å². The van der Waals surface area contributed by atoms with Crippen molar-refractivity contribution in [1.82, 2.24) is 9.80 Å². The molecule has 1 amide bonds. The second kappa shape index (κ2) is 9.84. The molecule has 4 rings (SSSR count). The zero-order chi connectivity index (χ0) is 21.8. The number of amides is 1. The van der Waals surface area contributed by atoms with Crippen LogP contribution in [0.15, 0.2) is 54.6 Å². The smallest absolute Gasteiger partial charge is 0.248 e. The first-order valence-electron chi connectivity index (χ1n) is 11.4. The van der Waals surface area contributed by atoms with Gasteiger partial charge in [0.15, 0.2) is 0 Å². The van der Waals surface area contributed by atoms with E-state index >= 15 is 0 Å². The summed E-state index contributed by atoms with van der Waals surface area (Å²) in [6.45, 7) is 7.84. The SMILES string of the molecule is COCC(=O)N1CC[C@@H]2[C@H](C1)[C@@H](c1ccc(OC(C)C)cc1)CN2Cc1ccccc1. The van der Waals surface area contributed by atoms with Crippen molar-refractivity contribution in [3.05, 3.63) is 65.7 Å². The van der Waals surface area contributed by atoms with Gasteiger partial charge in [0.25, 0.3) is 0 Å². The van der Waals surface area contributed by atoms with Crippen LogP contribution in [-0.4, -0.2) is 61.2 Å². The molecule has 0 aromatic heterocycles. The molecule has 2 aromatic rings. The molecule has 2 fully saturated rings. The first kappa shape index (κ1) is 21.8. The van der Waals surface area contributed by atoms with Crippen molar-refractivity contribution in [2.45, 2.75) is 44.9 Å². The second-order valence-electron chi connectivity index (χ2n) is 9.05. The molecule has 0 N–H and O–H groups in total. The average Bonchev–Trinajstić information content (AvgIpc) is 3.12. The number of carbonyl (C=O) groups excluding carboxylic acids is 1. The van der Waals surface area contributed by atoms with Crippen LogP contribution in [0.1, 0.15) is 37.3 Å². The number of benzene rings is 2. The number of hydrogen-bond acceptors (Lipinski definition) is 4. The van der Waals surface area contributed by atoms with E-state index in [0.717, 1.165) is 38.3 Å². The first-order chi connectivity index (χ1) is 15.0. The van der Waals surface area contributed by atoms with Gasteiger partial charge in [-0.2, -0.15) is 0 Å². The maximum Gasteiger partial charge on any atom is 0.248 e. The molecule has 2 saturated heterocycles. The molecule has 2 aromatic carbocycles. The Morgan fingerprint density at radius 1 is 1.06 bits per heavy atom. The molecule has 0 unspecified atom stereocenters. The summed E-state index contributed by atoms with van der Waals surface area (Å²) in [6, 6.07) is 19.8. The monoisotopic (exact) mass is 422 g/mol. The first-order valence-corrected chi connectivity index (χ1v) is 11.4. The molecule has 2 heterocycles. The van der Waals surface area contributed by atoms with Crippen molar-refractivity contribution >= 4 is 5.91 Å². The van der Waals surface area contributed by atoms with Crippen LogP contribution in [-0.2, 0) is 16.1 Å². The third-order valence-electron chi connectivity index (χ3n) is 6.57. The maximum absolute atomic E-state index is 12.5. The fourth-order valence-electron chi connectivity index (χ4n) is 5.20. The molecule has 2 aliphatic rings. The van der Waals surface area contributed by atoms with E-state index in [1.54, 1.807) is 7.11 Å². The third-order valence-corrected chi connectivity index (χ3v) is 6.57. The molecule has 0 aliphatic carbocycles. The standard InChI is InChI=1S/C26H34N2O3/c1-19(2)31-22-11-9-21(10-12-22)23-16-28(15-20-7-5-4-6-8-20)25-13-14-27(17-24(23)25)26(29)18-30-3/h4-12,19,23-25H,13-18H2,1-3H3/t23-,24-,25-/m1/s1. The highest BCUT2D eigenvalue weighted by Gasteiger charge is 2.45. The number of ether oxygens (including phenoxy) is 2. The van der Waals surface area contributed by atoms with Crippen LogP contribution in [0.4, 0.5) is 0 Å². The van der Waals surface area contributed by atoms with Crippen LogP contribution in [0.25, 0.3) is 0 Å². The Morgan fingerprint density at radius 3 is 2.48 bits per heavy atom. The Balaban J connectivity index is 1.55. The van der Waals surface area contributed by atoms with Gasteiger partial charge in [0.2, 0.25) is 5.91 Å². The number of piperidine rings is 1. The van der Waals surface area contributed by atoms with Gasteiger partial charge < -0.3 is 14.4 Å². The van der Waals surface area contributed by atoms with Crippen molar-refractivity contribution in [1.29, 1.82) is 0 Å². The summed E-state index contributed by atoms with van der Waals surface area (Å²) in [4.78, 5) is 17.1. The molecule has 5 heteroatoms. The van der Waals surface area contributed by atoms with Gasteiger partial charge in [0, 0.05) is 51.2 Å². The number of likely N-dealkylation sites (tertiary alicyclic amines) is 2. The molecule has 0 saturated carbocycles. The number of rotatable bonds is 7. The largest absolute Gasteiger partial charge is 0.491 e. The molecule has 0 spiro atoms. The molecule has 31 heavy (non-hydrogen) atoms. The molecule has 166 valence electrons. The Kier molecular flexibility index (Phi) is 6.93. The molecule has 3 atom stereocenters. The molecule has 5 nitrogen and oxygen atoms in total. The normalized spacial score (nSPS) is 23.7. The minimum Gasteiger partial charge on any atom is -0.491 e. The van der Waals surface area contributed by atoms with Crippen LogP contribution >= 0.6 is 0 Å². The second-order valence-corrected chi connectivity index (χ2v) is 9.05. The highest BCUT2D eigenvalue weighted by molar-refractivity contribution is 5.77. The van der Waals surface area contributed by atoms with E-state index in [-0.39, 0.29) is 18.6 Å². The Labute approximate surface area is 185 Å². The van der Waals surface area contributed by atoms with Crippen molar-refractivity contribution in [2.24, 2.45) is 5.92 Å². The average molecular weight is 423 g/mol. The Hall–Kier alpha value is -2.37. The quantitative estimate of drug-likeness (QED) is 0.678. The van der Waals surface area contributed by atoms with Gasteiger partial charge in [-0.1, -0.05) is 42.5 Å². The number of methoxy groups -OCH3 is 1. The lowest BCUT2D eigenvalue weighted by Crippen LogP contribution is -2.49. The summed E-state index contributed by atoms with van der Waals surface area (Å²) in [7, 11) is 1.59. The third kappa shape index (κ3) is 5.10.